The van der Waals surface area contributed by atoms with Crippen LogP contribution in [-0.2, 0) is 6.61 Å². The Kier molecular flexibility index (Phi) is 4.45. The lowest BCUT2D eigenvalue weighted by molar-refractivity contribution is 0.0647. The van der Waals surface area contributed by atoms with Crippen LogP contribution in [0.3, 0.4) is 0 Å². The van der Waals surface area contributed by atoms with E-state index in [4.69, 9.17) is 26.6 Å². The topological polar surface area (TPSA) is 83.8 Å². The Balaban J connectivity index is 2.27. The average Bonchev–Trinajstić information content (AvgIpc) is 2.46. The molecular formula is C15H11ClO5. The summed E-state index contributed by atoms with van der Waals surface area (Å²) in [6.45, 7) is 0.112. The Morgan fingerprint density at radius 2 is 1.67 bits per heavy atom. The maximum atomic E-state index is 11.2. The van der Waals surface area contributed by atoms with Crippen LogP contribution in [-0.4, -0.2) is 22.2 Å². The van der Waals surface area contributed by atoms with Gasteiger partial charge < -0.3 is 14.9 Å². The first-order chi connectivity index (χ1) is 9.99. The number of hydrogen-bond acceptors (Lipinski definition) is 3. The lowest BCUT2D eigenvalue weighted by Gasteiger charge is -2.11. The molecule has 2 N–H and O–H groups in total. The van der Waals surface area contributed by atoms with Crippen molar-refractivity contribution in [2.45, 2.75) is 6.61 Å². The van der Waals surface area contributed by atoms with Gasteiger partial charge in [0.2, 0.25) is 0 Å². The van der Waals surface area contributed by atoms with Gasteiger partial charge in [-0.25, -0.2) is 9.59 Å². The van der Waals surface area contributed by atoms with Gasteiger partial charge in [0.05, 0.1) is 5.56 Å². The number of carboxylic acids is 2. The van der Waals surface area contributed by atoms with Gasteiger partial charge in [-0.3, -0.25) is 0 Å². The summed E-state index contributed by atoms with van der Waals surface area (Å²) in [5.41, 5.74) is 0.117. The van der Waals surface area contributed by atoms with Crippen molar-refractivity contribution in [3.8, 4) is 5.75 Å². The van der Waals surface area contributed by atoms with E-state index in [9.17, 15) is 9.59 Å². The number of ether oxygens (including phenoxy) is 1. The first kappa shape index (κ1) is 14.9. The molecule has 2 rings (SSSR count). The molecule has 21 heavy (non-hydrogen) atoms. The van der Waals surface area contributed by atoms with Crippen LogP contribution in [0.4, 0.5) is 0 Å². The molecule has 0 aliphatic carbocycles. The summed E-state index contributed by atoms with van der Waals surface area (Å²) in [6, 6.07) is 10.9. The molecule has 2 aromatic carbocycles. The molecule has 108 valence electrons. The van der Waals surface area contributed by atoms with Gasteiger partial charge in [-0.05, 0) is 29.8 Å². The summed E-state index contributed by atoms with van der Waals surface area (Å²) in [5.74, 6) is -2.65. The van der Waals surface area contributed by atoms with E-state index < -0.39 is 11.9 Å². The summed E-state index contributed by atoms with van der Waals surface area (Å²) in [4.78, 5) is 22.3. The minimum Gasteiger partial charge on any atom is -0.488 e. The summed E-state index contributed by atoms with van der Waals surface area (Å²) >= 11 is 5.77. The Morgan fingerprint density at radius 3 is 2.24 bits per heavy atom. The van der Waals surface area contributed by atoms with E-state index in [1.54, 1.807) is 24.3 Å². The van der Waals surface area contributed by atoms with E-state index in [-0.39, 0.29) is 23.5 Å². The molecule has 0 atom stereocenters. The molecule has 0 saturated heterocycles. The highest BCUT2D eigenvalue weighted by molar-refractivity contribution is 6.30. The third-order valence-electron chi connectivity index (χ3n) is 2.78. The second kappa shape index (κ2) is 6.28. The Morgan fingerprint density at radius 1 is 1.00 bits per heavy atom. The molecule has 0 fully saturated rings. The summed E-state index contributed by atoms with van der Waals surface area (Å²) in [5, 5.41) is 18.8. The molecule has 5 nitrogen and oxygen atoms in total. The minimum atomic E-state index is -1.35. The monoisotopic (exact) mass is 306 g/mol. The second-order valence-electron chi connectivity index (χ2n) is 4.20. The normalized spacial score (nSPS) is 10.1. The third-order valence-corrected chi connectivity index (χ3v) is 3.03. The molecule has 0 spiro atoms. The lowest BCUT2D eigenvalue weighted by Crippen LogP contribution is -2.10. The first-order valence-electron chi connectivity index (χ1n) is 5.96. The highest BCUT2D eigenvalue weighted by atomic mass is 35.5. The molecular weight excluding hydrogens is 296 g/mol. The zero-order chi connectivity index (χ0) is 15.4. The number of halogens is 1. The van der Waals surface area contributed by atoms with Crippen molar-refractivity contribution in [1.29, 1.82) is 0 Å². The van der Waals surface area contributed by atoms with Crippen molar-refractivity contribution in [2.24, 2.45) is 0 Å². The molecule has 0 aliphatic rings. The Hall–Kier alpha value is -2.53. The second-order valence-corrected chi connectivity index (χ2v) is 4.64. The highest BCUT2D eigenvalue weighted by Crippen LogP contribution is 2.24. The first-order valence-corrected chi connectivity index (χ1v) is 6.33. The smallest absolute Gasteiger partial charge is 0.340 e. The molecule has 0 aliphatic heterocycles. The predicted molar refractivity (Wildman–Crippen MR) is 76.1 cm³/mol. The van der Waals surface area contributed by atoms with Crippen molar-refractivity contribution in [3.05, 3.63) is 64.2 Å². The zero-order valence-electron chi connectivity index (χ0n) is 10.7. The molecule has 0 aromatic heterocycles. The molecule has 0 amide bonds. The molecule has 0 bridgehead atoms. The molecule has 0 heterocycles. The van der Waals surface area contributed by atoms with Crippen molar-refractivity contribution < 1.29 is 24.5 Å². The fourth-order valence-electron chi connectivity index (χ4n) is 1.79. The van der Waals surface area contributed by atoms with E-state index in [1.165, 1.54) is 18.2 Å². The van der Waals surface area contributed by atoms with Crippen LogP contribution in [0.1, 0.15) is 26.3 Å². The largest absolute Gasteiger partial charge is 0.488 e. The van der Waals surface area contributed by atoms with Gasteiger partial charge in [0, 0.05) is 5.02 Å². The highest BCUT2D eigenvalue weighted by Gasteiger charge is 2.20. The fraction of sp³-hybridized carbons (Fsp3) is 0.0667. The summed E-state index contributed by atoms with van der Waals surface area (Å²) in [7, 11) is 0. The van der Waals surface area contributed by atoms with E-state index in [2.05, 4.69) is 0 Å². The average molecular weight is 307 g/mol. The summed E-state index contributed by atoms with van der Waals surface area (Å²) < 4.78 is 5.43. The minimum absolute atomic E-state index is 0.0114. The van der Waals surface area contributed by atoms with Crippen molar-refractivity contribution >= 4 is 23.5 Å². The molecule has 0 saturated carbocycles. The van der Waals surface area contributed by atoms with Gasteiger partial charge in [0.25, 0.3) is 0 Å². The molecule has 6 heteroatoms. The standard InChI is InChI=1S/C15H11ClO5/c16-10-6-4-9(5-7-10)8-21-12-3-1-2-11(14(17)18)13(12)15(19)20/h1-7H,8H2,(H,17,18)(H,19,20). The zero-order valence-corrected chi connectivity index (χ0v) is 11.5. The van der Waals surface area contributed by atoms with Crippen molar-refractivity contribution in [3.63, 3.8) is 0 Å². The van der Waals surface area contributed by atoms with E-state index in [0.29, 0.717) is 5.02 Å². The number of carbonyl (C=O) groups is 2. The number of aromatic carboxylic acids is 2. The number of hydrogen-bond donors (Lipinski definition) is 2. The molecule has 2 aromatic rings. The number of benzene rings is 2. The van der Waals surface area contributed by atoms with E-state index >= 15 is 0 Å². The Bertz CT molecular complexity index is 679. The van der Waals surface area contributed by atoms with Crippen LogP contribution < -0.4 is 4.74 Å². The van der Waals surface area contributed by atoms with Crippen LogP contribution in [0.2, 0.25) is 5.02 Å². The van der Waals surface area contributed by atoms with Gasteiger partial charge in [-0.1, -0.05) is 29.8 Å². The molecule has 0 radical (unpaired) electrons. The SMILES string of the molecule is O=C(O)c1cccc(OCc2ccc(Cl)cc2)c1C(=O)O. The van der Waals surface area contributed by atoms with E-state index in [0.717, 1.165) is 5.56 Å². The van der Waals surface area contributed by atoms with Crippen LogP contribution in [0.15, 0.2) is 42.5 Å². The van der Waals surface area contributed by atoms with Gasteiger partial charge in [0.15, 0.2) is 0 Å². The predicted octanol–water partition coefficient (Wildman–Crippen LogP) is 3.32. The fourth-order valence-corrected chi connectivity index (χ4v) is 1.92. The van der Waals surface area contributed by atoms with Gasteiger partial charge in [-0.15, -0.1) is 0 Å². The van der Waals surface area contributed by atoms with Crippen molar-refractivity contribution in [1.82, 2.24) is 0 Å². The Labute approximate surface area is 125 Å². The maximum Gasteiger partial charge on any atom is 0.340 e. The number of carboxylic acid groups (broad SMARTS) is 2. The van der Waals surface area contributed by atoms with Crippen LogP contribution >= 0.6 is 11.6 Å². The lowest BCUT2D eigenvalue weighted by atomic mass is 10.1. The van der Waals surface area contributed by atoms with Gasteiger partial charge in [0.1, 0.15) is 17.9 Å². The quantitative estimate of drug-likeness (QED) is 0.885. The summed E-state index contributed by atoms with van der Waals surface area (Å²) in [6.07, 6.45) is 0. The van der Waals surface area contributed by atoms with Gasteiger partial charge in [-0.2, -0.15) is 0 Å². The van der Waals surface area contributed by atoms with E-state index in [1.807, 2.05) is 0 Å². The third kappa shape index (κ3) is 3.52. The molecule has 0 unspecified atom stereocenters. The maximum absolute atomic E-state index is 11.2. The van der Waals surface area contributed by atoms with Crippen LogP contribution in [0.25, 0.3) is 0 Å². The van der Waals surface area contributed by atoms with Crippen molar-refractivity contribution in [2.75, 3.05) is 0 Å². The number of rotatable bonds is 5. The van der Waals surface area contributed by atoms with Gasteiger partial charge >= 0.3 is 11.9 Å². The van der Waals surface area contributed by atoms with Crippen LogP contribution in [0, 0.1) is 0 Å². The van der Waals surface area contributed by atoms with Crippen LogP contribution in [0.5, 0.6) is 5.75 Å².